The summed E-state index contributed by atoms with van der Waals surface area (Å²) in [6.07, 6.45) is 8.97. The van der Waals surface area contributed by atoms with Crippen LogP contribution in [0.25, 0.3) is 0 Å². The lowest BCUT2D eigenvalue weighted by Crippen LogP contribution is -2.49. The number of benzene rings is 1. The van der Waals surface area contributed by atoms with Gasteiger partial charge in [-0.25, -0.2) is 8.42 Å². The zero-order valence-corrected chi connectivity index (χ0v) is 20.1. The first kappa shape index (κ1) is 22.1. The third kappa shape index (κ3) is 4.27. The van der Waals surface area contributed by atoms with Crippen LogP contribution >= 0.6 is 11.3 Å². The highest BCUT2D eigenvalue weighted by Gasteiger charge is 2.36. The summed E-state index contributed by atoms with van der Waals surface area (Å²) < 4.78 is 27.4. The first-order chi connectivity index (χ1) is 15.5. The Morgan fingerprint density at radius 2 is 1.62 bits per heavy atom. The molecule has 2 unspecified atom stereocenters. The van der Waals surface area contributed by atoms with Crippen LogP contribution in [0.5, 0.6) is 0 Å². The SMILES string of the molecule is O=C(c1csc(C2CCN(S(=O)(=O)c3ccccc3)CC2)c1)N1CCCC2CCCCC21. The minimum atomic E-state index is -3.43. The molecule has 0 radical (unpaired) electrons. The Morgan fingerprint density at radius 1 is 0.906 bits per heavy atom. The molecular weight excluding hydrogens is 440 g/mol. The summed E-state index contributed by atoms with van der Waals surface area (Å²) in [4.78, 5) is 17.1. The minimum Gasteiger partial charge on any atom is -0.335 e. The van der Waals surface area contributed by atoms with E-state index < -0.39 is 10.0 Å². The van der Waals surface area contributed by atoms with E-state index in [2.05, 4.69) is 11.0 Å². The Labute approximate surface area is 195 Å². The molecule has 0 N–H and O–H groups in total. The molecule has 3 fully saturated rings. The molecule has 3 aliphatic rings. The standard InChI is InChI=1S/C25H32N2O3S2/c28-25(27-14-6-8-19-7-4-5-11-23(19)27)21-17-24(31-18-21)20-12-15-26(16-13-20)32(29,30)22-9-2-1-3-10-22/h1-3,9-10,17-20,23H,4-8,11-16H2. The van der Waals surface area contributed by atoms with Crippen molar-refractivity contribution < 1.29 is 13.2 Å². The van der Waals surface area contributed by atoms with Crippen molar-refractivity contribution in [2.24, 2.45) is 5.92 Å². The highest BCUT2D eigenvalue weighted by atomic mass is 32.2. The molecule has 7 heteroatoms. The van der Waals surface area contributed by atoms with Crippen LogP contribution in [-0.2, 0) is 10.0 Å². The maximum absolute atomic E-state index is 13.3. The Bertz CT molecular complexity index is 1040. The van der Waals surface area contributed by atoms with Crippen LogP contribution < -0.4 is 0 Å². The van der Waals surface area contributed by atoms with Gasteiger partial charge in [0.05, 0.1) is 10.5 Å². The highest BCUT2D eigenvalue weighted by molar-refractivity contribution is 7.89. The molecule has 172 valence electrons. The second kappa shape index (κ2) is 9.27. The van der Waals surface area contributed by atoms with Crippen LogP contribution in [0.2, 0.25) is 0 Å². The summed E-state index contributed by atoms with van der Waals surface area (Å²) in [5.74, 6) is 1.22. The van der Waals surface area contributed by atoms with Crippen LogP contribution in [0.1, 0.15) is 72.5 Å². The summed E-state index contributed by atoms with van der Waals surface area (Å²) >= 11 is 1.67. The molecule has 2 aliphatic heterocycles. The monoisotopic (exact) mass is 472 g/mol. The fourth-order valence-electron chi connectivity index (χ4n) is 5.84. The number of hydrogen-bond donors (Lipinski definition) is 0. The van der Waals surface area contributed by atoms with Gasteiger partial charge < -0.3 is 4.90 Å². The Morgan fingerprint density at radius 3 is 2.41 bits per heavy atom. The van der Waals surface area contributed by atoms with Crippen molar-refractivity contribution in [2.75, 3.05) is 19.6 Å². The van der Waals surface area contributed by atoms with Crippen LogP contribution in [0.3, 0.4) is 0 Å². The first-order valence-electron chi connectivity index (χ1n) is 12.0. The molecule has 32 heavy (non-hydrogen) atoms. The third-order valence-electron chi connectivity index (χ3n) is 7.61. The molecule has 1 aliphatic carbocycles. The fourth-order valence-corrected chi connectivity index (χ4v) is 8.39. The van der Waals surface area contributed by atoms with E-state index >= 15 is 0 Å². The second-order valence-corrected chi connectivity index (χ2v) is 12.4. The van der Waals surface area contributed by atoms with Gasteiger partial charge in [-0.05, 0) is 68.6 Å². The molecule has 1 saturated carbocycles. The van der Waals surface area contributed by atoms with Crippen LogP contribution in [0.4, 0.5) is 0 Å². The lowest BCUT2D eigenvalue weighted by Gasteiger charge is -2.44. The number of sulfonamides is 1. The van der Waals surface area contributed by atoms with Crippen molar-refractivity contribution in [3.8, 4) is 0 Å². The van der Waals surface area contributed by atoms with E-state index in [1.54, 1.807) is 39.9 Å². The molecule has 5 rings (SSSR count). The van der Waals surface area contributed by atoms with E-state index in [-0.39, 0.29) is 5.91 Å². The van der Waals surface area contributed by atoms with Gasteiger partial charge in [-0.1, -0.05) is 31.0 Å². The molecule has 0 bridgehead atoms. The number of likely N-dealkylation sites (tertiary alicyclic amines) is 1. The van der Waals surface area contributed by atoms with Gasteiger partial charge in [0.25, 0.3) is 5.91 Å². The topological polar surface area (TPSA) is 57.7 Å². The highest BCUT2D eigenvalue weighted by Crippen LogP contribution is 2.38. The zero-order valence-electron chi connectivity index (χ0n) is 18.5. The van der Waals surface area contributed by atoms with E-state index in [4.69, 9.17) is 0 Å². The molecule has 1 aromatic carbocycles. The number of piperidine rings is 2. The van der Waals surface area contributed by atoms with Gasteiger partial charge in [-0.3, -0.25) is 4.79 Å². The number of thiophene rings is 1. The molecular formula is C25H32N2O3S2. The quantitative estimate of drug-likeness (QED) is 0.621. The maximum Gasteiger partial charge on any atom is 0.254 e. The lowest BCUT2D eigenvalue weighted by molar-refractivity contribution is 0.0391. The van der Waals surface area contributed by atoms with Crippen molar-refractivity contribution in [1.82, 2.24) is 9.21 Å². The average molecular weight is 473 g/mol. The molecule has 0 spiro atoms. The predicted octanol–water partition coefficient (Wildman–Crippen LogP) is 5.11. The normalized spacial score (nSPS) is 25.4. The predicted molar refractivity (Wildman–Crippen MR) is 128 cm³/mol. The van der Waals surface area contributed by atoms with Gasteiger partial charge in [0.15, 0.2) is 0 Å². The van der Waals surface area contributed by atoms with Gasteiger partial charge in [0.1, 0.15) is 0 Å². The van der Waals surface area contributed by atoms with E-state index in [9.17, 15) is 13.2 Å². The number of fused-ring (bicyclic) bond motifs is 1. The third-order valence-corrected chi connectivity index (χ3v) is 10.6. The Balaban J connectivity index is 1.23. The molecule has 2 atom stereocenters. The van der Waals surface area contributed by atoms with Gasteiger partial charge in [-0.15, -0.1) is 11.3 Å². The summed E-state index contributed by atoms with van der Waals surface area (Å²) in [7, 11) is -3.43. The summed E-state index contributed by atoms with van der Waals surface area (Å²) in [5, 5.41) is 2.02. The van der Waals surface area contributed by atoms with Crippen molar-refractivity contribution in [3.05, 3.63) is 52.2 Å². The van der Waals surface area contributed by atoms with E-state index in [0.29, 0.717) is 35.9 Å². The maximum atomic E-state index is 13.3. The summed E-state index contributed by atoms with van der Waals surface area (Å²) in [6, 6.07) is 11.2. The van der Waals surface area contributed by atoms with Gasteiger partial charge in [0, 0.05) is 35.9 Å². The molecule has 1 amide bonds. The second-order valence-electron chi connectivity index (χ2n) is 9.48. The van der Waals surface area contributed by atoms with E-state index in [1.165, 1.54) is 30.6 Å². The number of hydrogen-bond acceptors (Lipinski definition) is 4. The lowest BCUT2D eigenvalue weighted by atomic mass is 9.78. The average Bonchev–Trinajstić information content (AvgIpc) is 3.34. The summed E-state index contributed by atoms with van der Waals surface area (Å²) in [5.41, 5.74) is 0.829. The van der Waals surface area contributed by atoms with E-state index in [0.717, 1.165) is 37.8 Å². The zero-order chi connectivity index (χ0) is 22.1. The van der Waals surface area contributed by atoms with Crippen LogP contribution in [-0.4, -0.2) is 49.2 Å². The largest absolute Gasteiger partial charge is 0.335 e. The van der Waals surface area contributed by atoms with Gasteiger partial charge >= 0.3 is 0 Å². The van der Waals surface area contributed by atoms with Gasteiger partial charge in [0.2, 0.25) is 10.0 Å². The molecule has 2 saturated heterocycles. The number of amides is 1. The minimum absolute atomic E-state index is 0.202. The number of carbonyl (C=O) groups excluding carboxylic acids is 1. The molecule has 3 heterocycles. The van der Waals surface area contributed by atoms with Crippen molar-refractivity contribution >= 4 is 27.3 Å². The first-order valence-corrected chi connectivity index (χ1v) is 14.3. The van der Waals surface area contributed by atoms with Crippen LogP contribution in [0.15, 0.2) is 46.7 Å². The number of carbonyl (C=O) groups is 1. The molecule has 5 nitrogen and oxygen atoms in total. The van der Waals surface area contributed by atoms with Gasteiger partial charge in [-0.2, -0.15) is 4.31 Å². The Kier molecular flexibility index (Phi) is 6.41. The molecule has 1 aromatic heterocycles. The van der Waals surface area contributed by atoms with Crippen molar-refractivity contribution in [3.63, 3.8) is 0 Å². The van der Waals surface area contributed by atoms with E-state index in [1.807, 2.05) is 11.4 Å². The molecule has 2 aromatic rings. The van der Waals surface area contributed by atoms with Crippen LogP contribution in [0, 0.1) is 5.92 Å². The smallest absolute Gasteiger partial charge is 0.254 e. The Hall–Kier alpha value is -1.70. The number of rotatable bonds is 4. The summed E-state index contributed by atoms with van der Waals surface area (Å²) in [6.45, 7) is 1.94. The van der Waals surface area contributed by atoms with Crippen molar-refractivity contribution in [1.29, 1.82) is 0 Å². The number of nitrogens with zero attached hydrogens (tertiary/aromatic N) is 2. The fraction of sp³-hybridized carbons (Fsp3) is 0.560. The van der Waals surface area contributed by atoms with Crippen molar-refractivity contribution in [2.45, 2.75) is 68.2 Å².